The number of amides is 1. The molecule has 1 atom stereocenters. The number of anilines is 1. The van der Waals surface area contributed by atoms with Gasteiger partial charge in [0.15, 0.2) is 5.65 Å². The summed E-state index contributed by atoms with van der Waals surface area (Å²) in [5.41, 5.74) is 2.28. The Morgan fingerprint density at radius 1 is 1.09 bits per heavy atom. The first kappa shape index (κ1) is 20.9. The van der Waals surface area contributed by atoms with Crippen molar-refractivity contribution in [2.24, 2.45) is 0 Å². The summed E-state index contributed by atoms with van der Waals surface area (Å²) < 4.78 is 7.30. The predicted octanol–water partition coefficient (Wildman–Crippen LogP) is 2.44. The molecule has 33 heavy (non-hydrogen) atoms. The van der Waals surface area contributed by atoms with Crippen LogP contribution < -0.4 is 15.9 Å². The second-order valence-corrected chi connectivity index (χ2v) is 7.71. The number of nitrogens with zero attached hydrogens (tertiary/aromatic N) is 4. The lowest BCUT2D eigenvalue weighted by molar-refractivity contribution is 0.0957. The van der Waals surface area contributed by atoms with E-state index in [1.165, 1.54) is 4.57 Å². The zero-order chi connectivity index (χ0) is 22.8. The second-order valence-electron chi connectivity index (χ2n) is 7.71. The van der Waals surface area contributed by atoms with E-state index in [0.717, 1.165) is 5.56 Å². The summed E-state index contributed by atoms with van der Waals surface area (Å²) in [7, 11) is 0. The van der Waals surface area contributed by atoms with Gasteiger partial charge in [-0.15, -0.1) is 0 Å². The van der Waals surface area contributed by atoms with Gasteiger partial charge in [-0.25, -0.2) is 19.3 Å². The van der Waals surface area contributed by atoms with Crippen molar-refractivity contribution in [2.75, 3.05) is 31.2 Å². The van der Waals surface area contributed by atoms with Crippen LogP contribution in [0.25, 0.3) is 17.0 Å². The molecule has 1 aromatic carbocycles. The van der Waals surface area contributed by atoms with Crippen LogP contribution in [-0.2, 0) is 4.74 Å². The highest BCUT2D eigenvalue weighted by Crippen LogP contribution is 2.31. The number of hydrogen-bond donors (Lipinski definition) is 2. The maximum absolute atomic E-state index is 12.8. The standard InChI is InChI=1S/C24H24N6O3/c1-2-33-15-19(16-7-4-3-5-8-16)29-14-13-26-23(31)17-10-11-20(27-22(17)29)30-18-9-6-12-25-21(18)28-24(30)32/h3-12,19H,2,13-15H2,1H3,(H,26,31)(H,25,28,32)/t19-/m0/s1. The quantitative estimate of drug-likeness (QED) is 0.473. The Kier molecular flexibility index (Phi) is 5.62. The number of carbonyl (C=O) groups excluding carboxylic acids is 1. The molecule has 1 aliphatic rings. The van der Waals surface area contributed by atoms with Gasteiger partial charge in [-0.3, -0.25) is 9.78 Å². The average molecular weight is 444 g/mol. The number of carbonyl (C=O) groups is 1. The maximum atomic E-state index is 12.8. The van der Waals surface area contributed by atoms with Gasteiger partial charge >= 0.3 is 5.69 Å². The molecule has 1 amide bonds. The number of imidazole rings is 1. The molecule has 0 saturated carbocycles. The highest BCUT2D eigenvalue weighted by Gasteiger charge is 2.29. The van der Waals surface area contributed by atoms with Crippen LogP contribution in [0.1, 0.15) is 28.9 Å². The molecule has 168 valence electrons. The number of fused-ring (bicyclic) bond motifs is 2. The number of aromatic nitrogens is 4. The van der Waals surface area contributed by atoms with E-state index in [1.807, 2.05) is 37.3 Å². The van der Waals surface area contributed by atoms with Crippen LogP contribution in [0.3, 0.4) is 0 Å². The van der Waals surface area contributed by atoms with Gasteiger partial charge in [-0.05, 0) is 36.8 Å². The van der Waals surface area contributed by atoms with Gasteiger partial charge in [0.1, 0.15) is 11.6 Å². The molecular weight excluding hydrogens is 420 g/mol. The van der Waals surface area contributed by atoms with Crippen molar-refractivity contribution in [3.63, 3.8) is 0 Å². The summed E-state index contributed by atoms with van der Waals surface area (Å²) in [5.74, 6) is 0.741. The molecule has 9 nitrogen and oxygen atoms in total. The lowest BCUT2D eigenvalue weighted by Crippen LogP contribution is -2.36. The van der Waals surface area contributed by atoms with Gasteiger partial charge in [-0.1, -0.05) is 30.3 Å². The number of aromatic amines is 1. The van der Waals surface area contributed by atoms with Crippen LogP contribution in [0, 0.1) is 0 Å². The summed E-state index contributed by atoms with van der Waals surface area (Å²) in [6, 6.07) is 16.9. The van der Waals surface area contributed by atoms with E-state index in [1.54, 1.807) is 30.5 Å². The topological polar surface area (TPSA) is 105 Å². The molecule has 9 heteroatoms. The molecule has 5 rings (SSSR count). The summed E-state index contributed by atoms with van der Waals surface area (Å²) in [6.45, 7) is 3.99. The Morgan fingerprint density at radius 2 is 1.94 bits per heavy atom. The molecule has 0 radical (unpaired) electrons. The molecule has 0 fully saturated rings. The smallest absolute Gasteiger partial charge is 0.333 e. The molecule has 0 bridgehead atoms. The van der Waals surface area contributed by atoms with E-state index < -0.39 is 0 Å². The zero-order valence-corrected chi connectivity index (χ0v) is 18.2. The Balaban J connectivity index is 1.67. The van der Waals surface area contributed by atoms with Crippen molar-refractivity contribution in [1.82, 2.24) is 24.8 Å². The van der Waals surface area contributed by atoms with Crippen LogP contribution >= 0.6 is 0 Å². The highest BCUT2D eigenvalue weighted by molar-refractivity contribution is 5.99. The van der Waals surface area contributed by atoms with Crippen molar-refractivity contribution in [2.45, 2.75) is 13.0 Å². The van der Waals surface area contributed by atoms with Crippen LogP contribution in [0.4, 0.5) is 5.82 Å². The third-order valence-corrected chi connectivity index (χ3v) is 5.74. The van der Waals surface area contributed by atoms with Gasteiger partial charge in [-0.2, -0.15) is 0 Å². The Labute approximate surface area is 190 Å². The highest BCUT2D eigenvalue weighted by atomic mass is 16.5. The fourth-order valence-corrected chi connectivity index (χ4v) is 4.19. The summed E-state index contributed by atoms with van der Waals surface area (Å²) in [4.78, 5) is 39.4. The zero-order valence-electron chi connectivity index (χ0n) is 18.2. The first-order valence-corrected chi connectivity index (χ1v) is 10.9. The van der Waals surface area contributed by atoms with E-state index in [4.69, 9.17) is 9.72 Å². The van der Waals surface area contributed by atoms with E-state index in [2.05, 4.69) is 20.2 Å². The van der Waals surface area contributed by atoms with Gasteiger partial charge < -0.3 is 15.0 Å². The van der Waals surface area contributed by atoms with Crippen LogP contribution in [-0.4, -0.2) is 51.7 Å². The first-order valence-electron chi connectivity index (χ1n) is 10.9. The van der Waals surface area contributed by atoms with Gasteiger partial charge in [0.2, 0.25) is 0 Å². The molecule has 2 N–H and O–H groups in total. The lowest BCUT2D eigenvalue weighted by Gasteiger charge is -2.32. The second kappa shape index (κ2) is 8.87. The summed E-state index contributed by atoms with van der Waals surface area (Å²) >= 11 is 0. The minimum Gasteiger partial charge on any atom is -0.379 e. The van der Waals surface area contributed by atoms with Crippen molar-refractivity contribution < 1.29 is 9.53 Å². The third kappa shape index (κ3) is 3.87. The van der Waals surface area contributed by atoms with E-state index in [0.29, 0.717) is 54.7 Å². The number of benzene rings is 1. The predicted molar refractivity (Wildman–Crippen MR) is 125 cm³/mol. The number of nitrogens with one attached hydrogen (secondary N) is 2. The van der Waals surface area contributed by atoms with Crippen molar-refractivity contribution in [3.05, 3.63) is 82.4 Å². The molecular formula is C24H24N6O3. The molecule has 0 unspecified atom stereocenters. The van der Waals surface area contributed by atoms with Crippen LogP contribution in [0.5, 0.6) is 0 Å². The summed E-state index contributed by atoms with van der Waals surface area (Å²) in [5, 5.41) is 2.94. The SMILES string of the molecule is CCOC[C@@H](c1ccccc1)N1CCNC(=O)c2ccc(-n3c(=O)[nH]c4ncccc43)nc21. The number of hydrogen-bond acceptors (Lipinski definition) is 6. The van der Waals surface area contributed by atoms with Crippen molar-refractivity contribution >= 4 is 22.9 Å². The number of rotatable bonds is 6. The molecule has 1 aliphatic heterocycles. The van der Waals surface area contributed by atoms with Crippen molar-refractivity contribution in [1.29, 1.82) is 0 Å². The fourth-order valence-electron chi connectivity index (χ4n) is 4.19. The molecule has 0 saturated heterocycles. The lowest BCUT2D eigenvalue weighted by atomic mass is 10.1. The number of pyridine rings is 2. The van der Waals surface area contributed by atoms with E-state index in [-0.39, 0.29) is 17.6 Å². The number of ether oxygens (including phenoxy) is 1. The molecule has 4 heterocycles. The Hall–Kier alpha value is -3.98. The van der Waals surface area contributed by atoms with E-state index >= 15 is 0 Å². The molecule has 4 aromatic rings. The normalized spacial score (nSPS) is 14.6. The van der Waals surface area contributed by atoms with Crippen LogP contribution in [0.2, 0.25) is 0 Å². The fraction of sp³-hybridized carbons (Fsp3) is 0.250. The monoisotopic (exact) mass is 444 g/mol. The Bertz CT molecular complexity index is 1350. The summed E-state index contributed by atoms with van der Waals surface area (Å²) in [6.07, 6.45) is 1.62. The van der Waals surface area contributed by atoms with E-state index in [9.17, 15) is 9.59 Å². The maximum Gasteiger partial charge on any atom is 0.333 e. The first-order chi connectivity index (χ1) is 16.2. The molecule has 0 spiro atoms. The third-order valence-electron chi connectivity index (χ3n) is 5.74. The largest absolute Gasteiger partial charge is 0.379 e. The van der Waals surface area contributed by atoms with Gasteiger partial charge in [0.05, 0.1) is 23.7 Å². The minimum absolute atomic E-state index is 0.151. The minimum atomic E-state index is -0.338. The van der Waals surface area contributed by atoms with Crippen molar-refractivity contribution in [3.8, 4) is 5.82 Å². The van der Waals surface area contributed by atoms with Gasteiger partial charge in [0.25, 0.3) is 5.91 Å². The molecule has 3 aromatic heterocycles. The number of H-pyrrole nitrogens is 1. The van der Waals surface area contributed by atoms with Gasteiger partial charge in [0, 0.05) is 25.9 Å². The molecule has 0 aliphatic carbocycles. The van der Waals surface area contributed by atoms with Crippen LogP contribution in [0.15, 0.2) is 65.6 Å². The average Bonchev–Trinajstić information content (AvgIpc) is 3.09. The Morgan fingerprint density at radius 3 is 2.76 bits per heavy atom.